The van der Waals surface area contributed by atoms with Gasteiger partial charge in [-0.2, -0.15) is 0 Å². The molecule has 1 aromatic carbocycles. The van der Waals surface area contributed by atoms with Crippen molar-refractivity contribution in [1.82, 2.24) is 4.90 Å². The van der Waals surface area contributed by atoms with E-state index in [1.165, 1.54) is 16.9 Å². The number of nitrogens with zero attached hydrogens (tertiary/aromatic N) is 1. The molecule has 1 aromatic heterocycles. The first-order valence-corrected chi connectivity index (χ1v) is 7.84. The number of hydrogen-bond acceptors (Lipinski definition) is 3. The second-order valence-corrected chi connectivity index (χ2v) is 6.92. The first-order chi connectivity index (χ1) is 9.56. The number of ketones is 1. The highest BCUT2D eigenvalue weighted by Gasteiger charge is 2.15. The molecule has 0 saturated heterocycles. The largest absolute Gasteiger partial charge is 0.299 e. The van der Waals surface area contributed by atoms with Crippen LogP contribution in [0.1, 0.15) is 15.9 Å². The monoisotopic (exact) mass is 327 g/mol. The molecule has 0 fully saturated rings. The van der Waals surface area contributed by atoms with Crippen LogP contribution in [0.4, 0.5) is 0 Å². The highest BCUT2D eigenvalue weighted by Crippen LogP contribution is 2.31. The first kappa shape index (κ1) is 15.5. The lowest BCUT2D eigenvalue weighted by Crippen LogP contribution is -2.28. The van der Waals surface area contributed by atoms with Crippen molar-refractivity contribution >= 4 is 40.3 Å². The molecular formula is C15H15Cl2NOS. The maximum absolute atomic E-state index is 12.1. The molecular weight excluding hydrogens is 313 g/mol. The van der Waals surface area contributed by atoms with Crippen molar-refractivity contribution in [3.63, 3.8) is 0 Å². The van der Waals surface area contributed by atoms with Crippen molar-refractivity contribution in [3.8, 4) is 0 Å². The summed E-state index contributed by atoms with van der Waals surface area (Å²) in [4.78, 5) is 14.1. The third-order valence-electron chi connectivity index (χ3n) is 3.00. The van der Waals surface area contributed by atoms with E-state index < -0.39 is 0 Å². The fourth-order valence-electron chi connectivity index (χ4n) is 1.90. The lowest BCUT2D eigenvalue weighted by molar-refractivity contribution is 0.0947. The molecule has 0 aliphatic carbocycles. The molecule has 0 atom stereocenters. The molecule has 106 valence electrons. The normalized spacial score (nSPS) is 11.0. The zero-order valence-electron chi connectivity index (χ0n) is 11.1. The SMILES string of the molecule is CN(CCc1ccccc1)CC(=O)c1cc(Cl)sc1Cl. The third kappa shape index (κ3) is 4.32. The predicted molar refractivity (Wildman–Crippen MR) is 86.3 cm³/mol. The molecule has 5 heteroatoms. The number of likely N-dealkylation sites (N-methyl/N-ethyl adjacent to an activating group) is 1. The number of benzene rings is 1. The summed E-state index contributed by atoms with van der Waals surface area (Å²) >= 11 is 13.1. The average molecular weight is 328 g/mol. The molecule has 2 aromatic rings. The zero-order valence-corrected chi connectivity index (χ0v) is 13.4. The Bertz CT molecular complexity index is 583. The minimum absolute atomic E-state index is 0.00807. The quantitative estimate of drug-likeness (QED) is 0.732. The van der Waals surface area contributed by atoms with E-state index >= 15 is 0 Å². The Morgan fingerprint density at radius 1 is 1.25 bits per heavy atom. The van der Waals surface area contributed by atoms with Crippen LogP contribution in [0.15, 0.2) is 36.4 Å². The van der Waals surface area contributed by atoms with Crippen LogP contribution >= 0.6 is 34.5 Å². The van der Waals surface area contributed by atoms with Gasteiger partial charge in [0.1, 0.15) is 4.34 Å². The van der Waals surface area contributed by atoms with Crippen molar-refractivity contribution in [2.24, 2.45) is 0 Å². The van der Waals surface area contributed by atoms with E-state index in [1.54, 1.807) is 6.07 Å². The lowest BCUT2D eigenvalue weighted by atomic mass is 10.1. The van der Waals surface area contributed by atoms with Gasteiger partial charge in [0.2, 0.25) is 0 Å². The summed E-state index contributed by atoms with van der Waals surface area (Å²) in [7, 11) is 1.93. The van der Waals surface area contributed by atoms with Gasteiger partial charge in [-0.3, -0.25) is 9.69 Å². The summed E-state index contributed by atoms with van der Waals surface area (Å²) in [5.74, 6) is 0.00807. The molecule has 0 N–H and O–H groups in total. The van der Waals surface area contributed by atoms with Gasteiger partial charge < -0.3 is 0 Å². The summed E-state index contributed by atoms with van der Waals surface area (Å²) in [5.41, 5.74) is 1.79. The maximum atomic E-state index is 12.1. The van der Waals surface area contributed by atoms with Crippen LogP contribution in [-0.4, -0.2) is 30.8 Å². The number of thiophene rings is 1. The van der Waals surface area contributed by atoms with Gasteiger partial charge in [-0.05, 0) is 25.1 Å². The van der Waals surface area contributed by atoms with Gasteiger partial charge in [0.15, 0.2) is 5.78 Å². The number of carbonyl (C=O) groups is 1. The highest BCUT2D eigenvalue weighted by molar-refractivity contribution is 7.20. The van der Waals surface area contributed by atoms with Gasteiger partial charge >= 0.3 is 0 Å². The summed E-state index contributed by atoms with van der Waals surface area (Å²) < 4.78 is 1.02. The standard InChI is InChI=1S/C15H15Cl2NOS/c1-18(8-7-11-5-3-2-4-6-11)10-13(19)12-9-14(16)20-15(12)17/h2-6,9H,7-8,10H2,1H3. The van der Waals surface area contributed by atoms with E-state index in [2.05, 4.69) is 12.1 Å². The van der Waals surface area contributed by atoms with E-state index in [-0.39, 0.29) is 5.78 Å². The summed E-state index contributed by atoms with van der Waals surface area (Å²) in [6.07, 6.45) is 0.919. The Morgan fingerprint density at radius 2 is 1.95 bits per heavy atom. The van der Waals surface area contributed by atoms with Gasteiger partial charge in [0.25, 0.3) is 0 Å². The Balaban J connectivity index is 1.87. The second-order valence-electron chi connectivity index (χ2n) is 4.63. The molecule has 2 rings (SSSR count). The van der Waals surface area contributed by atoms with Crippen LogP contribution in [-0.2, 0) is 6.42 Å². The summed E-state index contributed by atoms with van der Waals surface area (Å²) in [6, 6.07) is 11.9. The molecule has 0 spiro atoms. The van der Waals surface area contributed by atoms with Crippen LogP contribution in [0.2, 0.25) is 8.67 Å². The molecule has 0 aliphatic heterocycles. The van der Waals surface area contributed by atoms with Crippen LogP contribution in [0, 0.1) is 0 Å². The van der Waals surface area contributed by atoms with Crippen molar-refractivity contribution in [3.05, 3.63) is 56.2 Å². The van der Waals surface area contributed by atoms with Crippen LogP contribution < -0.4 is 0 Å². The van der Waals surface area contributed by atoms with E-state index in [1.807, 2.05) is 30.1 Å². The molecule has 0 bridgehead atoms. The van der Waals surface area contributed by atoms with Gasteiger partial charge in [-0.15, -0.1) is 11.3 Å². The lowest BCUT2D eigenvalue weighted by Gasteiger charge is -2.15. The summed E-state index contributed by atoms with van der Waals surface area (Å²) in [5, 5.41) is 0. The van der Waals surface area contributed by atoms with Crippen molar-refractivity contribution in [2.45, 2.75) is 6.42 Å². The fourth-order valence-corrected chi connectivity index (χ4v) is 3.40. The third-order valence-corrected chi connectivity index (χ3v) is 4.48. The van der Waals surface area contributed by atoms with E-state index in [0.717, 1.165) is 13.0 Å². The average Bonchev–Trinajstić information content (AvgIpc) is 2.77. The van der Waals surface area contributed by atoms with Crippen molar-refractivity contribution < 1.29 is 4.79 Å². The van der Waals surface area contributed by atoms with E-state index in [4.69, 9.17) is 23.2 Å². The molecule has 20 heavy (non-hydrogen) atoms. The topological polar surface area (TPSA) is 20.3 Å². The van der Waals surface area contributed by atoms with Crippen molar-refractivity contribution in [2.75, 3.05) is 20.1 Å². The van der Waals surface area contributed by atoms with Crippen LogP contribution in [0.5, 0.6) is 0 Å². The Hall–Kier alpha value is -0.870. The number of carbonyl (C=O) groups excluding carboxylic acids is 1. The van der Waals surface area contributed by atoms with Crippen LogP contribution in [0.25, 0.3) is 0 Å². The fraction of sp³-hybridized carbons (Fsp3) is 0.267. The van der Waals surface area contributed by atoms with E-state index in [0.29, 0.717) is 20.8 Å². The van der Waals surface area contributed by atoms with Crippen LogP contribution in [0.3, 0.4) is 0 Å². The van der Waals surface area contributed by atoms with Crippen molar-refractivity contribution in [1.29, 1.82) is 0 Å². The molecule has 1 heterocycles. The zero-order chi connectivity index (χ0) is 14.5. The maximum Gasteiger partial charge on any atom is 0.179 e. The minimum Gasteiger partial charge on any atom is -0.299 e. The summed E-state index contributed by atoms with van der Waals surface area (Å²) in [6.45, 7) is 1.17. The molecule has 0 unspecified atom stereocenters. The molecule has 0 aliphatic rings. The van der Waals surface area contributed by atoms with Gasteiger partial charge in [-0.1, -0.05) is 53.5 Å². The highest BCUT2D eigenvalue weighted by atomic mass is 35.5. The molecule has 0 amide bonds. The Morgan fingerprint density at radius 3 is 2.55 bits per heavy atom. The molecule has 0 saturated carbocycles. The number of halogens is 2. The first-order valence-electron chi connectivity index (χ1n) is 6.27. The molecule has 0 radical (unpaired) electrons. The van der Waals surface area contributed by atoms with Gasteiger partial charge in [0.05, 0.1) is 16.4 Å². The smallest absolute Gasteiger partial charge is 0.179 e. The second kappa shape index (κ2) is 7.23. The number of Topliss-reactive ketones (excluding diaryl/α,β-unsaturated/α-hetero) is 1. The van der Waals surface area contributed by atoms with E-state index in [9.17, 15) is 4.79 Å². The number of rotatable bonds is 6. The minimum atomic E-state index is 0.00807. The molecule has 2 nitrogen and oxygen atoms in total. The predicted octanol–water partition coefficient (Wildman–Crippen LogP) is 4.41. The number of hydrogen-bond donors (Lipinski definition) is 0. The Kier molecular flexibility index (Phi) is 5.61. The Labute approximate surface area is 132 Å². The van der Waals surface area contributed by atoms with Gasteiger partial charge in [0, 0.05) is 6.54 Å². The van der Waals surface area contributed by atoms with Gasteiger partial charge in [-0.25, -0.2) is 0 Å².